The summed E-state index contributed by atoms with van der Waals surface area (Å²) in [4.78, 5) is 79.4. The fourth-order valence-corrected chi connectivity index (χ4v) is 15.9. The lowest BCUT2D eigenvalue weighted by molar-refractivity contribution is 0.0966. The van der Waals surface area contributed by atoms with E-state index in [1.807, 2.05) is 73.7 Å². The average Bonchev–Trinajstić information content (AvgIpc) is 1.66. The number of aryl methyl sites for hydroxylation is 4. The molecule has 9 aromatic carbocycles. The normalized spacial score (nSPS) is 12.6. The zero-order valence-electron chi connectivity index (χ0n) is 68.9. The maximum Gasteiger partial charge on any atom is 0.295 e. The second-order valence-corrected chi connectivity index (χ2v) is 32.7. The first kappa shape index (κ1) is 93.4. The molecule has 15 aromatic rings. The molecule has 664 valence electrons. The summed E-state index contributed by atoms with van der Waals surface area (Å²) in [5, 5.41) is 27.2. The van der Waals surface area contributed by atoms with Gasteiger partial charge in [0.1, 0.15) is 32.9 Å². The highest BCUT2D eigenvalue weighted by Crippen LogP contribution is 2.38. The van der Waals surface area contributed by atoms with E-state index >= 15 is 0 Å². The molecule has 3 aliphatic rings. The van der Waals surface area contributed by atoms with Gasteiger partial charge in [0.15, 0.2) is 51.9 Å². The number of hydrogen-bond acceptors (Lipinski definition) is 13. The van der Waals surface area contributed by atoms with Crippen LogP contribution in [0.4, 0.5) is 59.2 Å². The summed E-state index contributed by atoms with van der Waals surface area (Å²) >= 11 is 48.2. The van der Waals surface area contributed by atoms with Crippen molar-refractivity contribution in [2.45, 2.75) is 79.7 Å². The summed E-state index contributed by atoms with van der Waals surface area (Å²) in [5.41, 5.74) is 9.08. The third-order valence-electron chi connectivity index (χ3n) is 20.7. The molecular formula is C92H71Cl8F7N18O5. The van der Waals surface area contributed by atoms with Gasteiger partial charge in [-0.15, -0.1) is 5.10 Å². The summed E-state index contributed by atoms with van der Waals surface area (Å²) in [6, 6.07) is 53.3. The summed E-state index contributed by atoms with van der Waals surface area (Å²) in [6.45, 7) is 9.54. The van der Waals surface area contributed by atoms with Crippen molar-refractivity contribution < 1.29 is 54.7 Å². The van der Waals surface area contributed by atoms with Crippen LogP contribution in [0.25, 0.3) is 0 Å². The molecule has 2 N–H and O–H groups in total. The average molecular weight is 1930 g/mol. The summed E-state index contributed by atoms with van der Waals surface area (Å²) in [5.74, 6) is -5.90. The number of carbonyl (C=O) groups is 5. The Morgan fingerprint density at radius 2 is 0.815 bits per heavy atom. The molecule has 130 heavy (non-hydrogen) atoms. The monoisotopic (exact) mass is 1920 g/mol. The molecule has 6 aromatic heterocycles. The lowest BCUT2D eigenvalue weighted by Crippen LogP contribution is -2.38. The third-order valence-corrected chi connectivity index (χ3v) is 23.4. The molecule has 0 radical (unpaired) electrons. The van der Waals surface area contributed by atoms with Crippen LogP contribution in [0.15, 0.2) is 213 Å². The number of anilines is 5. The number of rotatable bonds is 17. The van der Waals surface area contributed by atoms with Gasteiger partial charge in [-0.3, -0.25) is 38.6 Å². The molecule has 0 saturated carbocycles. The quantitative estimate of drug-likeness (QED) is 0.0806. The summed E-state index contributed by atoms with van der Waals surface area (Å²) in [6.07, 6.45) is 6.06. The van der Waals surface area contributed by atoms with Crippen molar-refractivity contribution in [1.82, 2.24) is 63.9 Å². The zero-order valence-corrected chi connectivity index (χ0v) is 74.9. The maximum absolute atomic E-state index is 14.4. The molecule has 0 saturated heterocycles. The molecule has 3 aliphatic heterocycles. The number of halogens is 15. The van der Waals surface area contributed by atoms with Gasteiger partial charge in [0, 0.05) is 60.0 Å². The van der Waals surface area contributed by atoms with Crippen molar-refractivity contribution in [1.29, 1.82) is 0 Å². The lowest BCUT2D eigenvalue weighted by atomic mass is 10.1. The highest BCUT2D eigenvalue weighted by Gasteiger charge is 2.37. The van der Waals surface area contributed by atoms with Gasteiger partial charge in [-0.2, -0.15) is 20.4 Å². The minimum atomic E-state index is -0.705. The number of nitrogens with one attached hydrogen (secondary N) is 2. The van der Waals surface area contributed by atoms with Crippen LogP contribution in [0.3, 0.4) is 0 Å². The van der Waals surface area contributed by atoms with E-state index in [2.05, 4.69) is 51.1 Å². The molecule has 0 unspecified atom stereocenters. The molecule has 0 aliphatic carbocycles. The van der Waals surface area contributed by atoms with Crippen molar-refractivity contribution in [3.63, 3.8) is 0 Å². The van der Waals surface area contributed by atoms with E-state index in [4.69, 9.17) is 92.8 Å². The first-order chi connectivity index (χ1) is 62.4. The Kier molecular flexibility index (Phi) is 29.7. The van der Waals surface area contributed by atoms with E-state index in [0.29, 0.717) is 101 Å². The Balaban J connectivity index is 0.000000131. The standard InChI is InChI=1S/2C20H15Cl2F2N3O.C19H14Cl2FN3O.C18H15ClFN3O.C15H12ClFN6O/c1-11-4-2-5-12(16(11)23)10-27-19(22)13-8-9-26(20(28)18(13)25-27)15-7-3-6-14(21)17(15)24;1-11-7-12(9-13(23)8-11)10-27-19(22)14-5-6-26(20(28)18(14)25-27)16-4-2-3-15(21)17(16)24;20-14-7-4-8-15(16(14)22)24-10-9-13-17(19(24)26)23-25(18(13)21)11-12-5-2-1-3-6-12;1-12-10-16(22-23(12)11-13-6-3-2-4-7-13)18(24)21-15-9-5-8-14(19)17(15)20;1-9-20-14(22-23(9)8-10-7-18-5-6-19-10)15(24)21-12-4-2-3-11(16)13(12)17/h2-7H,8-10H2,1H3;2-4,7-9H,5-6,10H2,1H3;1-8H,9-11H2;2-10H,11H2,1H3,(H,21,24);2-7H,8H2,1H3,(H,21,24). The minimum Gasteiger partial charge on any atom is -0.318 e. The van der Waals surface area contributed by atoms with Gasteiger partial charge in [0.25, 0.3) is 29.5 Å². The van der Waals surface area contributed by atoms with E-state index in [0.717, 1.165) is 22.4 Å². The smallest absolute Gasteiger partial charge is 0.295 e. The molecule has 18 rings (SSSR count). The van der Waals surface area contributed by atoms with Gasteiger partial charge < -0.3 is 25.3 Å². The van der Waals surface area contributed by atoms with Crippen LogP contribution in [0.2, 0.25) is 40.6 Å². The molecule has 5 amide bonds. The number of nitrogens with zero attached hydrogens (tertiary/aromatic N) is 16. The topological polar surface area (TPSA) is 247 Å². The van der Waals surface area contributed by atoms with Gasteiger partial charge in [0.05, 0.1) is 98.2 Å². The van der Waals surface area contributed by atoms with Crippen molar-refractivity contribution in [3.05, 3.63) is 390 Å². The summed E-state index contributed by atoms with van der Waals surface area (Å²) in [7, 11) is 0. The highest BCUT2D eigenvalue weighted by atomic mass is 35.5. The van der Waals surface area contributed by atoms with Gasteiger partial charge in [-0.05, 0) is 154 Å². The Bertz CT molecular complexity index is 6640. The van der Waals surface area contributed by atoms with Crippen molar-refractivity contribution in [3.8, 4) is 0 Å². The first-order valence-electron chi connectivity index (χ1n) is 39.7. The predicted molar refractivity (Wildman–Crippen MR) is 485 cm³/mol. The van der Waals surface area contributed by atoms with Crippen LogP contribution in [0.5, 0.6) is 0 Å². The van der Waals surface area contributed by atoms with E-state index in [1.54, 1.807) is 97.3 Å². The zero-order chi connectivity index (χ0) is 92.5. The Morgan fingerprint density at radius 3 is 1.27 bits per heavy atom. The van der Waals surface area contributed by atoms with Gasteiger partial charge in [-0.25, -0.2) is 54.4 Å². The fraction of sp³-hybridized carbons (Fsp3) is 0.163. The highest BCUT2D eigenvalue weighted by molar-refractivity contribution is 6.34. The van der Waals surface area contributed by atoms with Crippen LogP contribution in [-0.2, 0) is 52.0 Å². The molecule has 0 fully saturated rings. The Morgan fingerprint density at radius 1 is 0.392 bits per heavy atom. The van der Waals surface area contributed by atoms with E-state index < -0.39 is 52.7 Å². The van der Waals surface area contributed by atoms with Crippen molar-refractivity contribution in [2.24, 2.45) is 0 Å². The van der Waals surface area contributed by atoms with E-state index in [-0.39, 0.29) is 131 Å². The molecule has 0 atom stereocenters. The van der Waals surface area contributed by atoms with Crippen LogP contribution >= 0.6 is 92.8 Å². The Hall–Kier alpha value is -12.8. The number of fused-ring (bicyclic) bond motifs is 3. The van der Waals surface area contributed by atoms with Crippen LogP contribution in [0.1, 0.15) is 120 Å². The summed E-state index contributed by atoms with van der Waals surface area (Å²) < 4.78 is 107. The van der Waals surface area contributed by atoms with Crippen LogP contribution in [-0.4, -0.2) is 113 Å². The van der Waals surface area contributed by atoms with Gasteiger partial charge >= 0.3 is 0 Å². The largest absolute Gasteiger partial charge is 0.318 e. The second-order valence-electron chi connectivity index (χ2n) is 29.6. The van der Waals surface area contributed by atoms with Gasteiger partial charge in [0.2, 0.25) is 5.82 Å². The second kappa shape index (κ2) is 41.3. The van der Waals surface area contributed by atoms with Gasteiger partial charge in [-0.1, -0.05) is 208 Å². The SMILES string of the molecule is Cc1cc(C(=O)Nc2cccc(Cl)c2F)nn1Cc1ccccc1.Cc1cc(F)cc(Cn2nc3c(c2Cl)CCN(c2cccc(Cl)c2F)C3=O)c1.Cc1cccc(Cn2nc3c(c2Cl)CCN(c2cccc(Cl)c2F)C3=O)c1F.Cc1nc(C(=O)Nc2cccc(Cl)c2F)nn1Cc1cnccn1.O=C1c2nn(Cc3ccccc3)c(Cl)c2CCN1c1cccc(Cl)c1F. The van der Waals surface area contributed by atoms with Crippen molar-refractivity contribution >= 4 is 151 Å². The van der Waals surface area contributed by atoms with E-state index in [9.17, 15) is 54.7 Å². The molecule has 0 spiro atoms. The third kappa shape index (κ3) is 21.2. The van der Waals surface area contributed by atoms with Crippen LogP contribution in [0, 0.1) is 68.4 Å². The molecular weight excluding hydrogens is 1850 g/mol. The van der Waals surface area contributed by atoms with E-state index in [1.165, 1.54) is 108 Å². The number of aromatic nitrogens is 13. The first-order valence-corrected chi connectivity index (χ1v) is 42.7. The molecule has 23 nitrogen and oxygen atoms in total. The van der Waals surface area contributed by atoms with Crippen molar-refractivity contribution in [2.75, 3.05) is 45.0 Å². The number of amides is 5. The van der Waals surface area contributed by atoms with Crippen LogP contribution < -0.4 is 25.3 Å². The maximum atomic E-state index is 14.4. The fourth-order valence-electron chi connectivity index (χ4n) is 14.2. The lowest BCUT2D eigenvalue weighted by Gasteiger charge is -2.26. The predicted octanol–water partition coefficient (Wildman–Crippen LogP) is 21.4. The molecule has 9 heterocycles. The number of hydrogen-bond donors (Lipinski definition) is 2. The number of benzene rings is 9. The number of carbonyl (C=O) groups excluding carboxylic acids is 5. The molecule has 0 bridgehead atoms. The Labute approximate surface area is 778 Å². The molecule has 38 heteroatoms. The minimum absolute atomic E-state index is 0.0197.